The van der Waals surface area contributed by atoms with Crippen molar-refractivity contribution in [3.05, 3.63) is 23.5 Å². The zero-order valence-corrected chi connectivity index (χ0v) is 12.1. The summed E-state index contributed by atoms with van der Waals surface area (Å²) in [5, 5.41) is 3.17. The molecule has 1 aliphatic heterocycles. The molecule has 0 aromatic carbocycles. The molecule has 2 amide bonds. The fourth-order valence-corrected chi connectivity index (χ4v) is 2.17. The summed E-state index contributed by atoms with van der Waals surface area (Å²) in [5.74, 6) is -0.176. The van der Waals surface area contributed by atoms with Gasteiger partial charge in [0.05, 0.1) is 11.3 Å². The number of carbonyl (C=O) groups is 2. The summed E-state index contributed by atoms with van der Waals surface area (Å²) in [5.41, 5.74) is 2.15. The summed E-state index contributed by atoms with van der Waals surface area (Å²) in [6.45, 7) is 5.85. The number of carbonyl (C=O) groups excluding carboxylic acids is 2. The molecule has 1 saturated heterocycles. The van der Waals surface area contributed by atoms with E-state index >= 15 is 0 Å². The summed E-state index contributed by atoms with van der Waals surface area (Å²) in [6.07, 6.45) is 1.58. The average Bonchev–Trinajstić information content (AvgIpc) is 2.42. The fourth-order valence-electron chi connectivity index (χ4n) is 2.17. The molecule has 6 nitrogen and oxygen atoms in total. The van der Waals surface area contributed by atoms with E-state index in [9.17, 15) is 9.59 Å². The third kappa shape index (κ3) is 2.89. The molecule has 6 heteroatoms. The Labute approximate surface area is 118 Å². The Morgan fingerprint density at radius 1 is 1.45 bits per heavy atom. The molecule has 0 radical (unpaired) electrons. The molecule has 1 aliphatic rings. The van der Waals surface area contributed by atoms with Crippen molar-refractivity contribution in [2.75, 3.05) is 38.5 Å². The lowest BCUT2D eigenvalue weighted by molar-refractivity contribution is -0.133. The Morgan fingerprint density at radius 3 is 2.85 bits per heavy atom. The predicted octanol–water partition coefficient (Wildman–Crippen LogP) is 0.736. The molecule has 20 heavy (non-hydrogen) atoms. The van der Waals surface area contributed by atoms with Crippen LogP contribution in [0.2, 0.25) is 0 Å². The number of nitrogens with one attached hydrogen (secondary N) is 1. The zero-order chi connectivity index (χ0) is 14.7. The van der Waals surface area contributed by atoms with Crippen molar-refractivity contribution in [2.45, 2.75) is 13.8 Å². The average molecular weight is 276 g/mol. The Bertz CT molecular complexity index is 530. The van der Waals surface area contributed by atoms with Crippen LogP contribution in [0.4, 0.5) is 5.69 Å². The molecule has 0 spiro atoms. The van der Waals surface area contributed by atoms with Gasteiger partial charge in [-0.3, -0.25) is 14.6 Å². The minimum absolute atomic E-state index is 0.0327. The topological polar surface area (TPSA) is 65.5 Å². The van der Waals surface area contributed by atoms with Gasteiger partial charge >= 0.3 is 0 Å². The van der Waals surface area contributed by atoms with Crippen LogP contribution in [-0.2, 0) is 4.79 Å². The molecule has 2 heterocycles. The van der Waals surface area contributed by atoms with Crippen molar-refractivity contribution in [3.63, 3.8) is 0 Å². The highest BCUT2D eigenvalue weighted by atomic mass is 16.2. The number of anilines is 1. The van der Waals surface area contributed by atoms with Gasteiger partial charge in [-0.1, -0.05) is 0 Å². The highest BCUT2D eigenvalue weighted by Gasteiger charge is 2.27. The molecule has 1 N–H and O–H groups in total. The molecule has 0 aliphatic carbocycles. The van der Waals surface area contributed by atoms with E-state index in [4.69, 9.17) is 0 Å². The standard InChI is InChI=1S/C14H20N4O2/c1-4-15-12-7-10(2)16-8-11(12)14(20)18-6-5-17(3)13(19)9-18/h7-8H,4-6,9H2,1-3H3,(H,15,16). The number of likely N-dealkylation sites (N-methyl/N-ethyl adjacent to an activating group) is 1. The van der Waals surface area contributed by atoms with E-state index in [1.54, 1.807) is 23.0 Å². The van der Waals surface area contributed by atoms with Crippen LogP contribution in [0.25, 0.3) is 0 Å². The number of nitrogens with zero attached hydrogens (tertiary/aromatic N) is 3. The maximum Gasteiger partial charge on any atom is 0.258 e. The molecule has 0 unspecified atom stereocenters. The highest BCUT2D eigenvalue weighted by molar-refractivity contribution is 6.01. The summed E-state index contributed by atoms with van der Waals surface area (Å²) in [4.78, 5) is 31.6. The number of hydrogen-bond donors (Lipinski definition) is 1. The van der Waals surface area contributed by atoms with Crippen molar-refractivity contribution in [1.82, 2.24) is 14.8 Å². The van der Waals surface area contributed by atoms with E-state index in [2.05, 4.69) is 10.3 Å². The summed E-state index contributed by atoms with van der Waals surface area (Å²) >= 11 is 0. The third-order valence-electron chi connectivity index (χ3n) is 3.38. The molecule has 2 rings (SSSR count). The van der Waals surface area contributed by atoms with E-state index < -0.39 is 0 Å². The van der Waals surface area contributed by atoms with Gasteiger partial charge in [0, 0.05) is 38.6 Å². The molecule has 1 aromatic heterocycles. The monoisotopic (exact) mass is 276 g/mol. The zero-order valence-electron chi connectivity index (χ0n) is 12.1. The maximum atomic E-state index is 12.5. The molecule has 1 fully saturated rings. The van der Waals surface area contributed by atoms with Crippen LogP contribution < -0.4 is 5.32 Å². The number of aromatic nitrogens is 1. The Balaban J connectivity index is 2.22. The van der Waals surface area contributed by atoms with Crippen LogP contribution in [-0.4, -0.2) is 59.8 Å². The van der Waals surface area contributed by atoms with E-state index in [1.807, 2.05) is 19.9 Å². The summed E-state index contributed by atoms with van der Waals surface area (Å²) < 4.78 is 0. The number of aryl methyl sites for hydroxylation is 1. The number of rotatable bonds is 3. The van der Waals surface area contributed by atoms with Crippen LogP contribution in [0.3, 0.4) is 0 Å². The minimum Gasteiger partial charge on any atom is -0.385 e. The van der Waals surface area contributed by atoms with E-state index in [-0.39, 0.29) is 18.4 Å². The van der Waals surface area contributed by atoms with Gasteiger partial charge in [-0.15, -0.1) is 0 Å². The molecule has 1 aromatic rings. The maximum absolute atomic E-state index is 12.5. The number of piperazine rings is 1. The normalized spacial score (nSPS) is 15.4. The van der Waals surface area contributed by atoms with Crippen LogP contribution in [0.1, 0.15) is 23.0 Å². The Kier molecular flexibility index (Phi) is 4.22. The van der Waals surface area contributed by atoms with Gasteiger partial charge in [0.25, 0.3) is 5.91 Å². The predicted molar refractivity (Wildman–Crippen MR) is 76.7 cm³/mol. The second-order valence-corrected chi connectivity index (χ2v) is 4.94. The summed E-state index contributed by atoms with van der Waals surface area (Å²) in [7, 11) is 1.75. The first-order valence-corrected chi connectivity index (χ1v) is 6.76. The lowest BCUT2D eigenvalue weighted by Gasteiger charge is -2.32. The lowest BCUT2D eigenvalue weighted by atomic mass is 10.1. The number of amides is 2. The van der Waals surface area contributed by atoms with Crippen molar-refractivity contribution >= 4 is 17.5 Å². The Hall–Kier alpha value is -2.11. The first-order chi connectivity index (χ1) is 9.52. The van der Waals surface area contributed by atoms with Crippen LogP contribution in [0.5, 0.6) is 0 Å². The van der Waals surface area contributed by atoms with Gasteiger partial charge in [-0.05, 0) is 19.9 Å². The van der Waals surface area contributed by atoms with Gasteiger partial charge < -0.3 is 15.1 Å². The van der Waals surface area contributed by atoms with Crippen LogP contribution >= 0.6 is 0 Å². The summed E-state index contributed by atoms with van der Waals surface area (Å²) in [6, 6.07) is 1.86. The smallest absolute Gasteiger partial charge is 0.258 e. The van der Waals surface area contributed by atoms with E-state index in [0.717, 1.165) is 17.9 Å². The molecule has 0 atom stereocenters. The Morgan fingerprint density at radius 2 is 2.20 bits per heavy atom. The third-order valence-corrected chi connectivity index (χ3v) is 3.38. The largest absolute Gasteiger partial charge is 0.385 e. The minimum atomic E-state index is -0.144. The molecule has 0 saturated carbocycles. The second kappa shape index (κ2) is 5.90. The van der Waals surface area contributed by atoms with Crippen molar-refractivity contribution in [2.24, 2.45) is 0 Å². The van der Waals surface area contributed by atoms with Crippen LogP contribution in [0.15, 0.2) is 12.3 Å². The number of pyridine rings is 1. The van der Waals surface area contributed by atoms with Gasteiger partial charge in [-0.2, -0.15) is 0 Å². The quantitative estimate of drug-likeness (QED) is 0.884. The van der Waals surface area contributed by atoms with Crippen molar-refractivity contribution in [1.29, 1.82) is 0 Å². The molecular formula is C14H20N4O2. The van der Waals surface area contributed by atoms with Crippen LogP contribution in [0, 0.1) is 6.92 Å². The SMILES string of the molecule is CCNc1cc(C)ncc1C(=O)N1CCN(C)C(=O)C1. The first kappa shape index (κ1) is 14.3. The van der Waals surface area contributed by atoms with Gasteiger partial charge in [-0.25, -0.2) is 0 Å². The molecule has 0 bridgehead atoms. The molecule has 108 valence electrons. The molecular weight excluding hydrogens is 256 g/mol. The second-order valence-electron chi connectivity index (χ2n) is 4.94. The van der Waals surface area contributed by atoms with E-state index in [0.29, 0.717) is 18.7 Å². The van der Waals surface area contributed by atoms with Gasteiger partial charge in [0.15, 0.2) is 0 Å². The van der Waals surface area contributed by atoms with Gasteiger partial charge in [0.1, 0.15) is 6.54 Å². The van der Waals surface area contributed by atoms with Crippen molar-refractivity contribution in [3.8, 4) is 0 Å². The number of hydrogen-bond acceptors (Lipinski definition) is 4. The fraction of sp³-hybridized carbons (Fsp3) is 0.500. The lowest BCUT2D eigenvalue weighted by Crippen LogP contribution is -2.50. The highest BCUT2D eigenvalue weighted by Crippen LogP contribution is 2.18. The first-order valence-electron chi connectivity index (χ1n) is 6.76. The van der Waals surface area contributed by atoms with Crippen molar-refractivity contribution < 1.29 is 9.59 Å². The van der Waals surface area contributed by atoms with Gasteiger partial charge in [0.2, 0.25) is 5.91 Å². The van der Waals surface area contributed by atoms with E-state index in [1.165, 1.54) is 0 Å².